The van der Waals surface area contributed by atoms with Gasteiger partial charge in [-0.05, 0) is 37.5 Å². The maximum atomic E-state index is 12.7. The molecule has 0 radical (unpaired) electrons. The molecule has 1 aliphatic heterocycles. The van der Waals surface area contributed by atoms with Crippen molar-refractivity contribution in [3.63, 3.8) is 0 Å². The maximum absolute atomic E-state index is 12.7. The third-order valence-electron chi connectivity index (χ3n) is 4.82. The number of piperazine rings is 1. The van der Waals surface area contributed by atoms with E-state index in [1.807, 2.05) is 16.2 Å². The molecule has 4 rings (SSSR count). The fourth-order valence-corrected chi connectivity index (χ4v) is 5.13. The molecule has 1 aliphatic carbocycles. The molecule has 2 aromatic rings. The van der Waals surface area contributed by atoms with Gasteiger partial charge in [0.2, 0.25) is 0 Å². The van der Waals surface area contributed by atoms with Crippen molar-refractivity contribution in [2.75, 3.05) is 26.2 Å². The van der Waals surface area contributed by atoms with Crippen LogP contribution >= 0.6 is 34.5 Å². The van der Waals surface area contributed by atoms with Crippen molar-refractivity contribution in [2.45, 2.75) is 25.8 Å². The summed E-state index contributed by atoms with van der Waals surface area (Å²) >= 11 is 13.9. The van der Waals surface area contributed by atoms with Crippen molar-refractivity contribution < 1.29 is 4.79 Å². The van der Waals surface area contributed by atoms with Gasteiger partial charge < -0.3 is 4.90 Å². The molecule has 132 valence electrons. The highest BCUT2D eigenvalue weighted by atomic mass is 35.5. The molecule has 0 saturated carbocycles. The number of aromatic nitrogens is 1. The quantitative estimate of drug-likeness (QED) is 0.790. The maximum Gasteiger partial charge on any atom is 0.255 e. The first-order valence-electron chi connectivity index (χ1n) is 8.54. The van der Waals surface area contributed by atoms with Crippen LogP contribution in [0.25, 0.3) is 0 Å². The lowest BCUT2D eigenvalue weighted by molar-refractivity contribution is 0.0628. The van der Waals surface area contributed by atoms with E-state index in [2.05, 4.69) is 4.90 Å². The molecule has 4 nitrogen and oxygen atoms in total. The van der Waals surface area contributed by atoms with Gasteiger partial charge in [-0.2, -0.15) is 0 Å². The van der Waals surface area contributed by atoms with Gasteiger partial charge in [-0.25, -0.2) is 4.98 Å². The fourth-order valence-electron chi connectivity index (χ4n) is 3.45. The van der Waals surface area contributed by atoms with E-state index in [9.17, 15) is 4.79 Å². The molecule has 2 aliphatic rings. The zero-order valence-electron chi connectivity index (χ0n) is 13.8. The summed E-state index contributed by atoms with van der Waals surface area (Å²) in [7, 11) is 0. The Labute approximate surface area is 161 Å². The highest BCUT2D eigenvalue weighted by molar-refractivity contribution is 7.11. The fraction of sp³-hybridized carbons (Fsp3) is 0.444. The Balaban J connectivity index is 1.35. The van der Waals surface area contributed by atoms with Crippen molar-refractivity contribution in [1.29, 1.82) is 0 Å². The van der Waals surface area contributed by atoms with Gasteiger partial charge in [-0.15, -0.1) is 11.3 Å². The van der Waals surface area contributed by atoms with Crippen LogP contribution in [0.2, 0.25) is 10.0 Å². The van der Waals surface area contributed by atoms with Crippen molar-refractivity contribution in [1.82, 2.24) is 14.8 Å². The minimum absolute atomic E-state index is 0.0189. The van der Waals surface area contributed by atoms with E-state index in [1.54, 1.807) is 18.2 Å². The number of carbonyl (C=O) groups excluding carboxylic acids is 1. The first-order chi connectivity index (χ1) is 12.1. The van der Waals surface area contributed by atoms with Gasteiger partial charge in [0.25, 0.3) is 5.91 Å². The monoisotopic (exact) mass is 395 g/mol. The van der Waals surface area contributed by atoms with E-state index in [4.69, 9.17) is 28.2 Å². The molecule has 1 fully saturated rings. The van der Waals surface area contributed by atoms with Gasteiger partial charge in [0.15, 0.2) is 0 Å². The zero-order chi connectivity index (χ0) is 17.4. The standard InChI is InChI=1S/C18H19Cl2N3OS/c19-12-4-5-13(14(20)10-12)18(24)23-8-6-22(7-9-23)11-17-21-15-2-1-3-16(15)25-17/h4-5,10H,1-3,6-9,11H2. The Morgan fingerprint density at radius 3 is 2.68 bits per heavy atom. The summed E-state index contributed by atoms with van der Waals surface area (Å²) in [5.74, 6) is -0.0189. The van der Waals surface area contributed by atoms with Crippen molar-refractivity contribution >= 4 is 40.4 Å². The number of aryl methyl sites for hydroxylation is 2. The summed E-state index contributed by atoms with van der Waals surface area (Å²) < 4.78 is 0. The molecule has 0 spiro atoms. The molecule has 2 heterocycles. The van der Waals surface area contributed by atoms with Gasteiger partial charge in [0.05, 0.1) is 22.8 Å². The Hall–Kier alpha value is -1.14. The van der Waals surface area contributed by atoms with Gasteiger partial charge in [0.1, 0.15) is 5.01 Å². The summed E-state index contributed by atoms with van der Waals surface area (Å²) in [6, 6.07) is 5.03. The lowest BCUT2D eigenvalue weighted by atomic mass is 10.2. The smallest absolute Gasteiger partial charge is 0.255 e. The number of halogens is 2. The highest BCUT2D eigenvalue weighted by Crippen LogP contribution is 2.28. The first-order valence-corrected chi connectivity index (χ1v) is 10.1. The number of hydrogen-bond acceptors (Lipinski definition) is 4. The third kappa shape index (κ3) is 3.70. The summed E-state index contributed by atoms with van der Waals surface area (Å²) in [4.78, 5) is 23.2. The van der Waals surface area contributed by atoms with Crippen LogP contribution in [0, 0.1) is 0 Å². The topological polar surface area (TPSA) is 36.4 Å². The largest absolute Gasteiger partial charge is 0.336 e. The van der Waals surface area contributed by atoms with Gasteiger partial charge >= 0.3 is 0 Å². The molecule has 1 amide bonds. The summed E-state index contributed by atoms with van der Waals surface area (Å²) in [6.07, 6.45) is 3.58. The minimum atomic E-state index is -0.0189. The van der Waals surface area contributed by atoms with E-state index in [-0.39, 0.29) is 5.91 Å². The van der Waals surface area contributed by atoms with Crippen molar-refractivity contribution in [3.05, 3.63) is 49.4 Å². The number of fused-ring (bicyclic) bond motifs is 1. The van der Waals surface area contributed by atoms with Crippen LogP contribution in [-0.2, 0) is 19.4 Å². The molecule has 1 aromatic carbocycles. The number of thiazole rings is 1. The predicted molar refractivity (Wildman–Crippen MR) is 102 cm³/mol. The van der Waals surface area contributed by atoms with E-state index >= 15 is 0 Å². The second-order valence-electron chi connectivity index (χ2n) is 6.52. The van der Waals surface area contributed by atoms with Crippen LogP contribution in [0.3, 0.4) is 0 Å². The van der Waals surface area contributed by atoms with Gasteiger partial charge in [-0.1, -0.05) is 23.2 Å². The third-order valence-corrected chi connectivity index (χ3v) is 6.51. The number of carbonyl (C=O) groups is 1. The Morgan fingerprint density at radius 2 is 1.96 bits per heavy atom. The Kier molecular flexibility index (Phi) is 5.00. The van der Waals surface area contributed by atoms with Crippen LogP contribution < -0.4 is 0 Å². The molecule has 0 N–H and O–H groups in total. The Bertz CT molecular complexity index is 778. The minimum Gasteiger partial charge on any atom is -0.336 e. The Morgan fingerprint density at radius 1 is 1.16 bits per heavy atom. The molecule has 7 heteroatoms. The van der Waals surface area contributed by atoms with Crippen LogP contribution in [0.1, 0.15) is 32.4 Å². The normalized spacial score (nSPS) is 17.8. The number of benzene rings is 1. The van der Waals surface area contributed by atoms with E-state index in [0.29, 0.717) is 28.7 Å². The van der Waals surface area contributed by atoms with Crippen molar-refractivity contribution in [2.24, 2.45) is 0 Å². The van der Waals surface area contributed by atoms with E-state index in [1.165, 1.54) is 28.4 Å². The van der Waals surface area contributed by atoms with Crippen LogP contribution in [0.15, 0.2) is 18.2 Å². The average molecular weight is 396 g/mol. The lowest BCUT2D eigenvalue weighted by Crippen LogP contribution is -2.48. The number of hydrogen-bond donors (Lipinski definition) is 0. The molecular formula is C18H19Cl2N3OS. The molecule has 1 saturated heterocycles. The zero-order valence-corrected chi connectivity index (χ0v) is 16.1. The highest BCUT2D eigenvalue weighted by Gasteiger charge is 2.25. The van der Waals surface area contributed by atoms with Crippen LogP contribution in [0.5, 0.6) is 0 Å². The number of rotatable bonds is 3. The molecule has 0 bridgehead atoms. The second-order valence-corrected chi connectivity index (χ2v) is 8.54. The van der Waals surface area contributed by atoms with E-state index < -0.39 is 0 Å². The molecule has 0 atom stereocenters. The molecule has 1 aromatic heterocycles. The van der Waals surface area contributed by atoms with Gasteiger partial charge in [-0.3, -0.25) is 9.69 Å². The van der Waals surface area contributed by atoms with E-state index in [0.717, 1.165) is 26.1 Å². The average Bonchev–Trinajstić information content (AvgIpc) is 3.16. The summed E-state index contributed by atoms with van der Waals surface area (Å²) in [6.45, 7) is 4.04. The first kappa shape index (κ1) is 17.3. The van der Waals surface area contributed by atoms with Crippen molar-refractivity contribution in [3.8, 4) is 0 Å². The molecular weight excluding hydrogens is 377 g/mol. The molecule has 0 unspecified atom stereocenters. The molecule has 25 heavy (non-hydrogen) atoms. The summed E-state index contributed by atoms with van der Waals surface area (Å²) in [5, 5.41) is 2.17. The van der Waals surface area contributed by atoms with Crippen LogP contribution in [-0.4, -0.2) is 46.9 Å². The summed E-state index contributed by atoms with van der Waals surface area (Å²) in [5.41, 5.74) is 1.84. The lowest BCUT2D eigenvalue weighted by Gasteiger charge is -2.34. The predicted octanol–water partition coefficient (Wildman–Crippen LogP) is 3.90. The number of nitrogens with zero attached hydrogens (tertiary/aromatic N) is 3. The van der Waals surface area contributed by atoms with Crippen LogP contribution in [0.4, 0.5) is 0 Å². The SMILES string of the molecule is O=C(c1ccc(Cl)cc1Cl)N1CCN(Cc2nc3c(s2)CCC3)CC1. The van der Waals surface area contributed by atoms with Gasteiger partial charge in [0, 0.05) is 36.1 Å². The number of amides is 1. The second kappa shape index (κ2) is 7.23.